The van der Waals surface area contributed by atoms with E-state index in [1.54, 1.807) is 0 Å². The van der Waals surface area contributed by atoms with E-state index in [4.69, 9.17) is 9.47 Å². The molecule has 0 amide bonds. The molecule has 1 N–H and O–H groups in total. The van der Waals surface area contributed by atoms with E-state index in [0.29, 0.717) is 6.61 Å². The molecule has 2 aromatic carbocycles. The Morgan fingerprint density at radius 2 is 1.81 bits per heavy atom. The molecule has 3 heteroatoms. The molecule has 0 unspecified atom stereocenters. The molecule has 2 rings (SSSR count). The second kappa shape index (κ2) is 7.70. The average molecular weight is 285 g/mol. The standard InChI is InChI=1S/C18H23NO2/c1-4-19-13-15-11-14(3)9-10-18(15)21-17-8-6-7-16(12-17)20-5-2/h6-12,19H,4-5,13H2,1-3H3. The first-order valence-electron chi connectivity index (χ1n) is 7.44. The Balaban J connectivity index is 2.20. The van der Waals surface area contributed by atoms with Crippen LogP contribution in [0.2, 0.25) is 0 Å². The Morgan fingerprint density at radius 3 is 2.57 bits per heavy atom. The molecule has 0 aliphatic carbocycles. The van der Waals surface area contributed by atoms with E-state index in [1.807, 2.05) is 37.3 Å². The van der Waals surface area contributed by atoms with Crippen LogP contribution in [0.4, 0.5) is 0 Å². The van der Waals surface area contributed by atoms with Crippen LogP contribution in [0.5, 0.6) is 17.2 Å². The van der Waals surface area contributed by atoms with Crippen LogP contribution in [0.1, 0.15) is 25.0 Å². The minimum absolute atomic E-state index is 0.652. The van der Waals surface area contributed by atoms with Gasteiger partial charge in [-0.2, -0.15) is 0 Å². The Bertz CT molecular complexity index is 581. The van der Waals surface area contributed by atoms with Crippen molar-refractivity contribution in [2.75, 3.05) is 13.2 Å². The van der Waals surface area contributed by atoms with Crippen molar-refractivity contribution in [3.8, 4) is 17.2 Å². The fraction of sp³-hybridized carbons (Fsp3) is 0.333. The summed E-state index contributed by atoms with van der Waals surface area (Å²) >= 11 is 0. The number of rotatable bonds is 7. The maximum absolute atomic E-state index is 6.03. The topological polar surface area (TPSA) is 30.5 Å². The van der Waals surface area contributed by atoms with E-state index in [2.05, 4.69) is 31.3 Å². The first kappa shape index (κ1) is 15.4. The summed E-state index contributed by atoms with van der Waals surface area (Å²) in [7, 11) is 0. The number of nitrogens with one attached hydrogen (secondary N) is 1. The molecule has 21 heavy (non-hydrogen) atoms. The quantitative estimate of drug-likeness (QED) is 0.823. The zero-order valence-corrected chi connectivity index (χ0v) is 13.0. The van der Waals surface area contributed by atoms with Crippen LogP contribution < -0.4 is 14.8 Å². The Kier molecular flexibility index (Phi) is 5.64. The first-order chi connectivity index (χ1) is 10.2. The summed E-state index contributed by atoms with van der Waals surface area (Å²) in [6.07, 6.45) is 0. The lowest BCUT2D eigenvalue weighted by atomic mass is 10.1. The molecule has 0 spiro atoms. The van der Waals surface area contributed by atoms with E-state index in [-0.39, 0.29) is 0 Å². The Morgan fingerprint density at radius 1 is 1.00 bits per heavy atom. The SMILES string of the molecule is CCNCc1cc(C)ccc1Oc1cccc(OCC)c1. The summed E-state index contributed by atoms with van der Waals surface area (Å²) in [5, 5.41) is 3.34. The number of benzene rings is 2. The number of aryl methyl sites for hydroxylation is 1. The molecule has 112 valence electrons. The third kappa shape index (κ3) is 4.50. The van der Waals surface area contributed by atoms with Crippen LogP contribution in [-0.4, -0.2) is 13.2 Å². The zero-order valence-electron chi connectivity index (χ0n) is 13.0. The monoisotopic (exact) mass is 285 g/mol. The zero-order chi connectivity index (χ0) is 15.1. The van der Waals surface area contributed by atoms with Crippen molar-refractivity contribution in [3.05, 3.63) is 53.6 Å². The van der Waals surface area contributed by atoms with Crippen molar-refractivity contribution in [3.63, 3.8) is 0 Å². The van der Waals surface area contributed by atoms with Gasteiger partial charge in [-0.15, -0.1) is 0 Å². The smallest absolute Gasteiger partial charge is 0.131 e. The average Bonchev–Trinajstić information content (AvgIpc) is 2.48. The molecule has 3 nitrogen and oxygen atoms in total. The van der Waals surface area contributed by atoms with Gasteiger partial charge in [-0.05, 0) is 38.6 Å². The van der Waals surface area contributed by atoms with Crippen molar-refractivity contribution in [1.29, 1.82) is 0 Å². The van der Waals surface area contributed by atoms with Crippen LogP contribution in [-0.2, 0) is 6.54 Å². The molecule has 0 bridgehead atoms. The molecular weight excluding hydrogens is 262 g/mol. The lowest BCUT2D eigenvalue weighted by molar-refractivity contribution is 0.338. The lowest BCUT2D eigenvalue weighted by Gasteiger charge is -2.13. The molecule has 0 fully saturated rings. The van der Waals surface area contributed by atoms with Gasteiger partial charge < -0.3 is 14.8 Å². The van der Waals surface area contributed by atoms with Gasteiger partial charge in [-0.25, -0.2) is 0 Å². The summed E-state index contributed by atoms with van der Waals surface area (Å²) in [5.74, 6) is 2.51. The molecule has 0 heterocycles. The van der Waals surface area contributed by atoms with Crippen LogP contribution in [0.3, 0.4) is 0 Å². The third-order valence-electron chi connectivity index (χ3n) is 3.13. The molecule has 0 saturated carbocycles. The summed E-state index contributed by atoms with van der Waals surface area (Å²) in [4.78, 5) is 0. The van der Waals surface area contributed by atoms with E-state index < -0.39 is 0 Å². The largest absolute Gasteiger partial charge is 0.494 e. The predicted molar refractivity (Wildman–Crippen MR) is 86.2 cm³/mol. The second-order valence-electron chi connectivity index (χ2n) is 4.90. The molecule has 0 radical (unpaired) electrons. The van der Waals surface area contributed by atoms with Gasteiger partial charge in [0.15, 0.2) is 0 Å². The highest BCUT2D eigenvalue weighted by atomic mass is 16.5. The van der Waals surface area contributed by atoms with Crippen molar-refractivity contribution in [2.24, 2.45) is 0 Å². The van der Waals surface area contributed by atoms with Gasteiger partial charge in [0.1, 0.15) is 17.2 Å². The summed E-state index contributed by atoms with van der Waals surface area (Å²) < 4.78 is 11.5. The van der Waals surface area contributed by atoms with E-state index >= 15 is 0 Å². The van der Waals surface area contributed by atoms with E-state index in [0.717, 1.165) is 30.3 Å². The van der Waals surface area contributed by atoms with E-state index in [1.165, 1.54) is 11.1 Å². The van der Waals surface area contributed by atoms with Crippen LogP contribution >= 0.6 is 0 Å². The molecule has 0 aliphatic heterocycles. The van der Waals surface area contributed by atoms with Gasteiger partial charge in [0.05, 0.1) is 6.61 Å². The highest BCUT2D eigenvalue weighted by molar-refractivity contribution is 5.42. The van der Waals surface area contributed by atoms with Gasteiger partial charge in [0, 0.05) is 18.2 Å². The fourth-order valence-corrected chi connectivity index (χ4v) is 2.13. The predicted octanol–water partition coefficient (Wildman–Crippen LogP) is 4.30. The van der Waals surface area contributed by atoms with Crippen molar-refractivity contribution in [1.82, 2.24) is 5.32 Å². The summed E-state index contributed by atoms with van der Waals surface area (Å²) in [6.45, 7) is 8.56. The molecule has 0 atom stereocenters. The van der Waals surface area contributed by atoms with Gasteiger partial charge in [0.2, 0.25) is 0 Å². The minimum Gasteiger partial charge on any atom is -0.494 e. The van der Waals surface area contributed by atoms with Crippen LogP contribution in [0.25, 0.3) is 0 Å². The van der Waals surface area contributed by atoms with Crippen LogP contribution in [0, 0.1) is 6.92 Å². The first-order valence-corrected chi connectivity index (χ1v) is 7.44. The second-order valence-corrected chi connectivity index (χ2v) is 4.90. The highest BCUT2D eigenvalue weighted by Crippen LogP contribution is 2.28. The highest BCUT2D eigenvalue weighted by Gasteiger charge is 2.06. The molecule has 0 aromatic heterocycles. The van der Waals surface area contributed by atoms with Crippen molar-refractivity contribution < 1.29 is 9.47 Å². The van der Waals surface area contributed by atoms with Gasteiger partial charge in [0.25, 0.3) is 0 Å². The minimum atomic E-state index is 0.652. The van der Waals surface area contributed by atoms with Gasteiger partial charge in [-0.1, -0.05) is 30.7 Å². The lowest BCUT2D eigenvalue weighted by Crippen LogP contribution is -2.12. The normalized spacial score (nSPS) is 10.4. The maximum atomic E-state index is 6.03. The molecule has 0 saturated heterocycles. The van der Waals surface area contributed by atoms with Gasteiger partial charge in [-0.3, -0.25) is 0 Å². The summed E-state index contributed by atoms with van der Waals surface area (Å²) in [5.41, 5.74) is 2.40. The molecular formula is C18H23NO2. The maximum Gasteiger partial charge on any atom is 0.131 e. The van der Waals surface area contributed by atoms with E-state index in [9.17, 15) is 0 Å². The summed E-state index contributed by atoms with van der Waals surface area (Å²) in [6, 6.07) is 14.0. The molecule has 0 aliphatic rings. The van der Waals surface area contributed by atoms with Crippen LogP contribution in [0.15, 0.2) is 42.5 Å². The Hall–Kier alpha value is -2.00. The Labute approximate surface area is 126 Å². The molecule has 2 aromatic rings. The number of ether oxygens (including phenoxy) is 2. The van der Waals surface area contributed by atoms with Crippen molar-refractivity contribution in [2.45, 2.75) is 27.3 Å². The van der Waals surface area contributed by atoms with Crippen molar-refractivity contribution >= 4 is 0 Å². The van der Waals surface area contributed by atoms with Gasteiger partial charge >= 0.3 is 0 Å². The fourth-order valence-electron chi connectivity index (χ4n) is 2.13. The number of hydrogen-bond donors (Lipinski definition) is 1. The third-order valence-corrected chi connectivity index (χ3v) is 3.13. The number of hydrogen-bond acceptors (Lipinski definition) is 3.